The molecule has 0 spiro atoms. The van der Waals surface area contributed by atoms with Crippen LogP contribution in [0.25, 0.3) is 0 Å². The molecule has 9 nitrogen and oxygen atoms in total. The Morgan fingerprint density at radius 2 is 1.89 bits per heavy atom. The van der Waals surface area contributed by atoms with E-state index in [1.54, 1.807) is 4.90 Å². The fourth-order valence-corrected chi connectivity index (χ4v) is 5.60. The number of hydrogen-bond acceptors (Lipinski definition) is 7. The van der Waals surface area contributed by atoms with Gasteiger partial charge in [0.25, 0.3) is 15.9 Å². The first-order valence-electron chi connectivity index (χ1n) is 10.2. The Hall–Kier alpha value is -3.22. The van der Waals surface area contributed by atoms with E-state index >= 15 is 4.39 Å². The van der Waals surface area contributed by atoms with Crippen LogP contribution in [0, 0.1) is 11.6 Å². The van der Waals surface area contributed by atoms with Gasteiger partial charge in [-0.2, -0.15) is 4.98 Å². The summed E-state index contributed by atoms with van der Waals surface area (Å²) in [6.45, 7) is -0.211. The molecule has 1 fully saturated rings. The Kier molecular flexibility index (Phi) is 5.69. The van der Waals surface area contributed by atoms with Crippen molar-refractivity contribution < 1.29 is 22.0 Å². The zero-order chi connectivity index (χ0) is 25.1. The first kappa shape index (κ1) is 23.5. The minimum absolute atomic E-state index is 0.0106. The number of nitrogens with one attached hydrogen (secondary N) is 1. The van der Waals surface area contributed by atoms with Crippen molar-refractivity contribution in [3.05, 3.63) is 63.8 Å². The Balaban J connectivity index is 1.56. The third-order valence-corrected chi connectivity index (χ3v) is 7.66. The Bertz CT molecular complexity index is 1490. The zero-order valence-corrected chi connectivity index (χ0v) is 20.0. The molecule has 1 saturated carbocycles. The smallest absolute Gasteiger partial charge is 0.265 e. The summed E-state index contributed by atoms with van der Waals surface area (Å²) in [5.41, 5.74) is 4.39. The number of hydrogen-bond donors (Lipinski definition) is 2. The maximum atomic E-state index is 15.6. The maximum Gasteiger partial charge on any atom is 0.265 e. The summed E-state index contributed by atoms with van der Waals surface area (Å²) in [6.07, 6.45) is 2.80. The van der Waals surface area contributed by atoms with Gasteiger partial charge >= 0.3 is 0 Å². The third kappa shape index (κ3) is 4.21. The average molecular weight is 541 g/mol. The van der Waals surface area contributed by atoms with Crippen LogP contribution in [-0.2, 0) is 10.0 Å². The number of aromatic nitrogens is 2. The molecule has 2 aromatic carbocycles. The second kappa shape index (κ2) is 8.47. The van der Waals surface area contributed by atoms with Crippen LogP contribution in [0.2, 0.25) is 10.0 Å². The summed E-state index contributed by atoms with van der Waals surface area (Å²) in [5, 5.41) is -0.0533. The highest BCUT2D eigenvalue weighted by atomic mass is 35.5. The van der Waals surface area contributed by atoms with Gasteiger partial charge in [0, 0.05) is 17.3 Å². The van der Waals surface area contributed by atoms with Crippen LogP contribution in [0.5, 0.6) is 0 Å². The van der Waals surface area contributed by atoms with E-state index < -0.39 is 43.8 Å². The van der Waals surface area contributed by atoms with Gasteiger partial charge in [-0.25, -0.2) is 22.2 Å². The molecule has 3 N–H and O–H groups in total. The quantitative estimate of drug-likeness (QED) is 0.500. The molecule has 2 aliphatic rings. The number of carbonyl (C=O) groups is 1. The van der Waals surface area contributed by atoms with Crippen LogP contribution in [-0.4, -0.2) is 37.0 Å². The Morgan fingerprint density at radius 1 is 1.14 bits per heavy atom. The van der Waals surface area contributed by atoms with Crippen LogP contribution in [0.15, 0.2) is 41.4 Å². The van der Waals surface area contributed by atoms with Crippen molar-refractivity contribution in [1.82, 2.24) is 9.97 Å². The van der Waals surface area contributed by atoms with E-state index in [0.29, 0.717) is 0 Å². The number of sulfonamides is 1. The molecule has 14 heteroatoms. The molecule has 0 unspecified atom stereocenters. The highest BCUT2D eigenvalue weighted by Gasteiger charge is 2.41. The van der Waals surface area contributed by atoms with Crippen LogP contribution in [0.1, 0.15) is 23.2 Å². The molecule has 0 saturated heterocycles. The van der Waals surface area contributed by atoms with Crippen molar-refractivity contribution >= 4 is 62.3 Å². The van der Waals surface area contributed by atoms with Crippen LogP contribution in [0.4, 0.5) is 31.9 Å². The SMILES string of the molecule is Nc1ncc2c(n1)N(C1CC1)CN(c1c(F)ccc(NS(=O)(=O)c3cc(Cl)ccc3Cl)c1F)C2=O. The van der Waals surface area contributed by atoms with E-state index in [0.717, 1.165) is 35.9 Å². The molecule has 1 aliphatic carbocycles. The molecule has 2 heterocycles. The number of benzene rings is 2. The zero-order valence-electron chi connectivity index (χ0n) is 17.7. The minimum Gasteiger partial charge on any atom is -0.368 e. The lowest BCUT2D eigenvalue weighted by Crippen LogP contribution is -2.49. The third-order valence-electron chi connectivity index (χ3n) is 5.58. The Labute approximate surface area is 208 Å². The van der Waals surface area contributed by atoms with E-state index in [1.165, 1.54) is 18.3 Å². The first-order chi connectivity index (χ1) is 16.6. The van der Waals surface area contributed by atoms with E-state index in [1.807, 2.05) is 0 Å². The Morgan fingerprint density at radius 3 is 2.60 bits per heavy atom. The predicted molar refractivity (Wildman–Crippen MR) is 127 cm³/mol. The number of nitrogen functional groups attached to an aromatic ring is 1. The van der Waals surface area contributed by atoms with Crippen molar-refractivity contribution in [1.29, 1.82) is 0 Å². The summed E-state index contributed by atoms with van der Waals surface area (Å²) in [6, 6.07) is 5.54. The fraction of sp³-hybridized carbons (Fsp3) is 0.190. The predicted octanol–water partition coefficient (Wildman–Crippen LogP) is 4.03. The van der Waals surface area contributed by atoms with E-state index in [4.69, 9.17) is 28.9 Å². The van der Waals surface area contributed by atoms with Gasteiger partial charge in [-0.3, -0.25) is 14.4 Å². The maximum absolute atomic E-state index is 15.6. The molecule has 3 aromatic rings. The molecule has 0 bridgehead atoms. The molecule has 1 amide bonds. The van der Waals surface area contributed by atoms with Crippen LogP contribution < -0.4 is 20.3 Å². The van der Waals surface area contributed by atoms with Gasteiger partial charge in [-0.1, -0.05) is 23.2 Å². The number of amides is 1. The standard InChI is InChI=1S/C21H16Cl2F2N6O3S/c22-10-1-4-13(23)16(7-10)35(33,34)29-15-6-5-14(24)18(17(15)25)31-9-30(11-2-3-11)19-12(20(31)32)8-27-21(26)28-19/h1,4-8,11,29H,2-3,9H2,(H2,26,27,28). The van der Waals surface area contributed by atoms with Gasteiger partial charge in [0.1, 0.15) is 34.5 Å². The number of halogens is 4. The van der Waals surface area contributed by atoms with Gasteiger partial charge in [0.2, 0.25) is 5.95 Å². The highest BCUT2D eigenvalue weighted by Crippen LogP contribution is 2.40. The average Bonchev–Trinajstić information content (AvgIpc) is 3.64. The summed E-state index contributed by atoms with van der Waals surface area (Å²) >= 11 is 11.9. The van der Waals surface area contributed by atoms with Crippen molar-refractivity contribution in [3.63, 3.8) is 0 Å². The second-order valence-corrected chi connectivity index (χ2v) is 10.5. The van der Waals surface area contributed by atoms with E-state index in [2.05, 4.69) is 14.7 Å². The fourth-order valence-electron chi connectivity index (χ4n) is 3.78. The highest BCUT2D eigenvalue weighted by molar-refractivity contribution is 7.92. The van der Waals surface area contributed by atoms with Crippen molar-refractivity contribution in [3.8, 4) is 0 Å². The minimum atomic E-state index is -4.41. The van der Waals surface area contributed by atoms with Gasteiger partial charge < -0.3 is 10.6 Å². The number of carbonyl (C=O) groups excluding carboxylic acids is 1. The number of rotatable bonds is 5. The van der Waals surface area contributed by atoms with Gasteiger partial charge in [0.05, 0.1) is 10.7 Å². The molecule has 0 atom stereocenters. The van der Waals surface area contributed by atoms with E-state index in [9.17, 15) is 17.6 Å². The first-order valence-corrected chi connectivity index (χ1v) is 12.5. The molecule has 1 aliphatic heterocycles. The largest absolute Gasteiger partial charge is 0.368 e. The lowest BCUT2D eigenvalue weighted by molar-refractivity contribution is 0.0979. The number of nitrogens with two attached hydrogens (primary N) is 1. The molecule has 182 valence electrons. The molecule has 0 radical (unpaired) electrons. The van der Waals surface area contributed by atoms with E-state index in [-0.39, 0.29) is 40.1 Å². The van der Waals surface area contributed by atoms with Crippen LogP contribution >= 0.6 is 23.2 Å². The van der Waals surface area contributed by atoms with Gasteiger partial charge in [-0.15, -0.1) is 0 Å². The van der Waals surface area contributed by atoms with Crippen molar-refractivity contribution in [2.24, 2.45) is 0 Å². The summed E-state index contributed by atoms with van der Waals surface area (Å²) in [7, 11) is -4.41. The summed E-state index contributed by atoms with van der Waals surface area (Å²) in [4.78, 5) is 23.4. The number of nitrogens with zero attached hydrogens (tertiary/aromatic N) is 4. The topological polar surface area (TPSA) is 122 Å². The van der Waals surface area contributed by atoms with Crippen molar-refractivity contribution in [2.75, 3.05) is 26.9 Å². The molecule has 35 heavy (non-hydrogen) atoms. The number of anilines is 4. The molecular formula is C21H16Cl2F2N6O3S. The second-order valence-electron chi connectivity index (χ2n) is 7.98. The normalized spacial score (nSPS) is 15.8. The molecule has 5 rings (SSSR count). The summed E-state index contributed by atoms with van der Waals surface area (Å²) < 4.78 is 58.4. The van der Waals surface area contributed by atoms with Gasteiger partial charge in [-0.05, 0) is 43.2 Å². The molecular weight excluding hydrogens is 525 g/mol. The monoisotopic (exact) mass is 540 g/mol. The van der Waals surface area contributed by atoms with Gasteiger partial charge in [0.15, 0.2) is 5.82 Å². The lowest BCUT2D eigenvalue weighted by atomic mass is 10.1. The molecule has 1 aromatic heterocycles. The summed E-state index contributed by atoms with van der Waals surface area (Å²) in [5.74, 6) is -2.85. The lowest BCUT2D eigenvalue weighted by Gasteiger charge is -2.37. The van der Waals surface area contributed by atoms with Crippen LogP contribution in [0.3, 0.4) is 0 Å². The van der Waals surface area contributed by atoms with Crippen molar-refractivity contribution in [2.45, 2.75) is 23.8 Å². The number of fused-ring (bicyclic) bond motifs is 1.